The summed E-state index contributed by atoms with van der Waals surface area (Å²) in [5.74, 6) is 0. The number of nitriles is 1. The number of nitrogens with one attached hydrogen (secondary N) is 1. The minimum absolute atomic E-state index is 0.271. The van der Waals surface area contributed by atoms with E-state index >= 15 is 0 Å². The number of benzene rings is 1. The van der Waals surface area contributed by atoms with Gasteiger partial charge in [-0.25, -0.2) is 0 Å². The fraction of sp³-hybridized carbons (Fsp3) is 0.611. The molecule has 1 heterocycles. The molecule has 1 aliphatic heterocycles. The van der Waals surface area contributed by atoms with Crippen LogP contribution in [0.15, 0.2) is 30.3 Å². The Kier molecular flexibility index (Phi) is 5.39. The summed E-state index contributed by atoms with van der Waals surface area (Å²) in [5.41, 5.74) is 0.454. The van der Waals surface area contributed by atoms with Gasteiger partial charge in [0.25, 0.3) is 0 Å². The normalized spacial score (nSPS) is 22.1. The van der Waals surface area contributed by atoms with E-state index in [1.54, 1.807) is 0 Å². The number of hydrogen-bond donors (Lipinski definition) is 1. The maximum Gasteiger partial charge on any atom is 0.145 e. The molecule has 0 saturated carbocycles. The summed E-state index contributed by atoms with van der Waals surface area (Å²) in [6.45, 7) is 8.33. The fourth-order valence-electron chi connectivity index (χ4n) is 3.44. The standard InChI is InChI=1S/C18H27N3/c1-4-17-11-8-12-21(17)14-18(13-19,20-15(2)3)16-9-6-5-7-10-16/h5-7,9-10,15,17,20H,4,8,11-12,14H2,1-3H3. The van der Waals surface area contributed by atoms with Gasteiger partial charge in [-0.1, -0.05) is 37.3 Å². The van der Waals surface area contributed by atoms with Gasteiger partial charge in [0.05, 0.1) is 6.07 Å². The Balaban J connectivity index is 2.29. The van der Waals surface area contributed by atoms with Crippen molar-refractivity contribution in [2.45, 2.75) is 57.7 Å². The molecule has 0 bridgehead atoms. The van der Waals surface area contributed by atoms with Crippen LogP contribution in [0, 0.1) is 11.3 Å². The number of rotatable bonds is 6. The third kappa shape index (κ3) is 3.64. The van der Waals surface area contributed by atoms with Gasteiger partial charge in [-0.05, 0) is 45.2 Å². The van der Waals surface area contributed by atoms with Crippen LogP contribution in [-0.2, 0) is 5.54 Å². The van der Waals surface area contributed by atoms with Crippen LogP contribution < -0.4 is 5.32 Å². The molecule has 1 aliphatic rings. The molecule has 114 valence electrons. The largest absolute Gasteiger partial charge is 0.297 e. The van der Waals surface area contributed by atoms with Gasteiger partial charge in [-0.3, -0.25) is 10.2 Å². The molecule has 1 fully saturated rings. The number of likely N-dealkylation sites (tertiary alicyclic amines) is 1. The lowest BCUT2D eigenvalue weighted by atomic mass is 9.89. The van der Waals surface area contributed by atoms with Crippen LogP contribution in [0.5, 0.6) is 0 Å². The highest BCUT2D eigenvalue weighted by Crippen LogP contribution is 2.28. The average molecular weight is 285 g/mol. The Morgan fingerprint density at radius 3 is 2.67 bits per heavy atom. The third-order valence-corrected chi connectivity index (χ3v) is 4.40. The second-order valence-electron chi connectivity index (χ2n) is 6.36. The summed E-state index contributed by atoms with van der Waals surface area (Å²) >= 11 is 0. The highest BCUT2D eigenvalue weighted by atomic mass is 15.2. The van der Waals surface area contributed by atoms with E-state index in [2.05, 4.69) is 49.2 Å². The summed E-state index contributed by atoms with van der Waals surface area (Å²) in [5, 5.41) is 13.5. The zero-order chi connectivity index (χ0) is 15.3. The first kappa shape index (κ1) is 16.0. The molecule has 0 aliphatic carbocycles. The second-order valence-corrected chi connectivity index (χ2v) is 6.36. The molecule has 2 atom stereocenters. The van der Waals surface area contributed by atoms with Gasteiger partial charge < -0.3 is 0 Å². The molecular weight excluding hydrogens is 258 g/mol. The summed E-state index contributed by atoms with van der Waals surface area (Å²) in [7, 11) is 0. The molecule has 1 N–H and O–H groups in total. The molecule has 1 aromatic rings. The maximum absolute atomic E-state index is 9.96. The predicted molar refractivity (Wildman–Crippen MR) is 86.9 cm³/mol. The molecule has 3 heteroatoms. The van der Waals surface area contributed by atoms with Crippen LogP contribution in [0.1, 0.15) is 45.6 Å². The topological polar surface area (TPSA) is 39.1 Å². The van der Waals surface area contributed by atoms with E-state index in [1.165, 1.54) is 12.8 Å². The maximum atomic E-state index is 9.96. The van der Waals surface area contributed by atoms with E-state index in [-0.39, 0.29) is 6.04 Å². The zero-order valence-corrected chi connectivity index (χ0v) is 13.5. The summed E-state index contributed by atoms with van der Waals surface area (Å²) in [6, 6.07) is 13.6. The fourth-order valence-corrected chi connectivity index (χ4v) is 3.44. The van der Waals surface area contributed by atoms with Gasteiger partial charge in [0, 0.05) is 18.6 Å². The number of nitrogens with zero attached hydrogens (tertiary/aromatic N) is 2. The van der Waals surface area contributed by atoms with Crippen LogP contribution in [0.25, 0.3) is 0 Å². The molecule has 1 saturated heterocycles. The highest BCUT2D eigenvalue weighted by molar-refractivity contribution is 5.32. The predicted octanol–water partition coefficient (Wildman–Crippen LogP) is 3.28. The lowest BCUT2D eigenvalue weighted by molar-refractivity contribution is 0.186. The van der Waals surface area contributed by atoms with E-state index in [9.17, 15) is 5.26 Å². The Hall–Kier alpha value is -1.37. The minimum atomic E-state index is -0.618. The van der Waals surface area contributed by atoms with Gasteiger partial charge in [-0.15, -0.1) is 0 Å². The molecule has 2 rings (SSSR count). The van der Waals surface area contributed by atoms with Gasteiger partial charge in [0.2, 0.25) is 0 Å². The van der Waals surface area contributed by atoms with Gasteiger partial charge >= 0.3 is 0 Å². The highest BCUT2D eigenvalue weighted by Gasteiger charge is 2.37. The van der Waals surface area contributed by atoms with Crippen molar-refractivity contribution < 1.29 is 0 Å². The Morgan fingerprint density at radius 2 is 2.10 bits per heavy atom. The van der Waals surface area contributed by atoms with Crippen LogP contribution in [0.2, 0.25) is 0 Å². The second kappa shape index (κ2) is 7.06. The molecule has 0 aromatic heterocycles. The Morgan fingerprint density at radius 1 is 1.38 bits per heavy atom. The smallest absolute Gasteiger partial charge is 0.145 e. The van der Waals surface area contributed by atoms with Gasteiger partial charge in [-0.2, -0.15) is 5.26 Å². The molecule has 0 amide bonds. The lowest BCUT2D eigenvalue weighted by Gasteiger charge is -2.36. The monoisotopic (exact) mass is 285 g/mol. The lowest BCUT2D eigenvalue weighted by Crippen LogP contribution is -2.53. The molecule has 3 nitrogen and oxygen atoms in total. The Bertz CT molecular complexity index is 477. The van der Waals surface area contributed by atoms with Gasteiger partial charge in [0.15, 0.2) is 0 Å². The van der Waals surface area contributed by atoms with E-state index in [4.69, 9.17) is 0 Å². The van der Waals surface area contributed by atoms with Crippen molar-refractivity contribution >= 4 is 0 Å². The number of hydrogen-bond acceptors (Lipinski definition) is 3. The van der Waals surface area contributed by atoms with Crippen LogP contribution in [-0.4, -0.2) is 30.1 Å². The third-order valence-electron chi connectivity index (χ3n) is 4.40. The van der Waals surface area contributed by atoms with Crippen LogP contribution >= 0.6 is 0 Å². The first-order valence-corrected chi connectivity index (χ1v) is 8.10. The van der Waals surface area contributed by atoms with Crippen molar-refractivity contribution in [3.05, 3.63) is 35.9 Å². The molecule has 21 heavy (non-hydrogen) atoms. The Labute approximate surface area is 129 Å². The van der Waals surface area contributed by atoms with E-state index in [1.807, 2.05) is 18.2 Å². The first-order valence-electron chi connectivity index (χ1n) is 8.10. The SMILES string of the molecule is CCC1CCCN1CC(C#N)(NC(C)C)c1ccccc1. The zero-order valence-electron chi connectivity index (χ0n) is 13.5. The van der Waals surface area contributed by atoms with Crippen molar-refractivity contribution in [1.82, 2.24) is 10.2 Å². The average Bonchev–Trinajstić information content (AvgIpc) is 2.94. The van der Waals surface area contributed by atoms with Gasteiger partial charge in [0.1, 0.15) is 5.54 Å². The van der Waals surface area contributed by atoms with E-state index in [0.717, 1.165) is 25.1 Å². The first-order chi connectivity index (χ1) is 10.1. The minimum Gasteiger partial charge on any atom is -0.297 e. The van der Waals surface area contributed by atoms with Crippen molar-refractivity contribution in [3.8, 4) is 6.07 Å². The quantitative estimate of drug-likeness (QED) is 0.872. The van der Waals surface area contributed by atoms with E-state index < -0.39 is 5.54 Å². The van der Waals surface area contributed by atoms with Crippen molar-refractivity contribution in [1.29, 1.82) is 5.26 Å². The van der Waals surface area contributed by atoms with Crippen molar-refractivity contribution in [2.24, 2.45) is 0 Å². The van der Waals surface area contributed by atoms with Crippen molar-refractivity contribution in [3.63, 3.8) is 0 Å². The van der Waals surface area contributed by atoms with Crippen LogP contribution in [0.4, 0.5) is 0 Å². The van der Waals surface area contributed by atoms with Crippen molar-refractivity contribution in [2.75, 3.05) is 13.1 Å². The molecule has 1 aromatic carbocycles. The summed E-state index contributed by atoms with van der Waals surface area (Å²) < 4.78 is 0. The summed E-state index contributed by atoms with van der Waals surface area (Å²) in [6.07, 6.45) is 3.67. The summed E-state index contributed by atoms with van der Waals surface area (Å²) in [4.78, 5) is 2.49. The van der Waals surface area contributed by atoms with E-state index in [0.29, 0.717) is 6.04 Å². The van der Waals surface area contributed by atoms with Crippen LogP contribution in [0.3, 0.4) is 0 Å². The molecule has 2 unspecified atom stereocenters. The molecular formula is C18H27N3. The molecule has 0 radical (unpaired) electrons. The molecule has 0 spiro atoms.